The lowest BCUT2D eigenvalue weighted by Gasteiger charge is -2.10. The van der Waals surface area contributed by atoms with Crippen molar-refractivity contribution < 1.29 is 4.79 Å². The normalized spacial score (nSPS) is 11.1. The fraction of sp³-hybridized carbons (Fsp3) is 0.0455. The molecule has 5 rings (SSSR count). The van der Waals surface area contributed by atoms with Gasteiger partial charge in [0.15, 0.2) is 0 Å². The highest BCUT2D eigenvalue weighted by molar-refractivity contribution is 5.91. The standard InChI is InChI=1S/C22H16N6O2/c29-20-12-25-28(18-7-3-1-5-16(18)20)13-22(30)26-15-9-10-21(23-11-15)27-14-24-17-6-2-4-8-19(17)27/h1-12,14H,13H2,(H,26,30). The number of rotatable bonds is 4. The minimum absolute atomic E-state index is 0.0191. The van der Waals surface area contributed by atoms with Crippen LogP contribution in [0, 0.1) is 0 Å². The van der Waals surface area contributed by atoms with Crippen molar-refractivity contribution in [2.24, 2.45) is 0 Å². The highest BCUT2D eigenvalue weighted by atomic mass is 16.2. The highest BCUT2D eigenvalue weighted by Crippen LogP contribution is 2.17. The van der Waals surface area contributed by atoms with Crippen LogP contribution in [0.15, 0.2) is 84.2 Å². The summed E-state index contributed by atoms with van der Waals surface area (Å²) in [6, 6.07) is 18.5. The maximum Gasteiger partial charge on any atom is 0.246 e. The fourth-order valence-electron chi connectivity index (χ4n) is 3.37. The van der Waals surface area contributed by atoms with Crippen LogP contribution in [0.2, 0.25) is 0 Å². The fourth-order valence-corrected chi connectivity index (χ4v) is 3.37. The molecule has 0 aliphatic heterocycles. The van der Waals surface area contributed by atoms with Gasteiger partial charge in [-0.25, -0.2) is 9.97 Å². The largest absolute Gasteiger partial charge is 0.323 e. The molecule has 3 aromatic heterocycles. The van der Waals surface area contributed by atoms with Crippen LogP contribution in [-0.4, -0.2) is 30.2 Å². The van der Waals surface area contributed by atoms with Crippen LogP contribution >= 0.6 is 0 Å². The molecule has 0 spiro atoms. The lowest BCUT2D eigenvalue weighted by atomic mass is 10.2. The van der Waals surface area contributed by atoms with E-state index < -0.39 is 0 Å². The molecule has 0 bridgehead atoms. The van der Waals surface area contributed by atoms with Gasteiger partial charge in [-0.15, -0.1) is 0 Å². The number of anilines is 1. The molecule has 2 aromatic carbocycles. The summed E-state index contributed by atoms with van der Waals surface area (Å²) in [5.41, 5.74) is 2.85. The zero-order valence-electron chi connectivity index (χ0n) is 15.8. The summed E-state index contributed by atoms with van der Waals surface area (Å²) in [6.45, 7) is -0.0191. The Morgan fingerprint density at radius 3 is 2.53 bits per heavy atom. The first-order valence-electron chi connectivity index (χ1n) is 9.32. The number of para-hydroxylation sites is 3. The predicted molar refractivity (Wildman–Crippen MR) is 113 cm³/mol. The van der Waals surface area contributed by atoms with Crippen molar-refractivity contribution >= 4 is 33.5 Å². The molecule has 0 fully saturated rings. The first-order valence-corrected chi connectivity index (χ1v) is 9.32. The summed E-state index contributed by atoms with van der Waals surface area (Å²) >= 11 is 0. The van der Waals surface area contributed by atoms with Gasteiger partial charge in [-0.2, -0.15) is 5.10 Å². The van der Waals surface area contributed by atoms with Crippen LogP contribution in [-0.2, 0) is 11.3 Å². The van der Waals surface area contributed by atoms with E-state index >= 15 is 0 Å². The van der Waals surface area contributed by atoms with E-state index in [2.05, 4.69) is 20.4 Å². The Balaban J connectivity index is 1.35. The van der Waals surface area contributed by atoms with Crippen molar-refractivity contribution in [3.05, 3.63) is 89.6 Å². The topological polar surface area (TPSA) is 94.7 Å². The number of hydrogen-bond donors (Lipinski definition) is 1. The summed E-state index contributed by atoms with van der Waals surface area (Å²) < 4.78 is 3.39. The van der Waals surface area contributed by atoms with Crippen LogP contribution in [0.5, 0.6) is 0 Å². The summed E-state index contributed by atoms with van der Waals surface area (Å²) in [7, 11) is 0. The van der Waals surface area contributed by atoms with Gasteiger partial charge >= 0.3 is 0 Å². The van der Waals surface area contributed by atoms with Crippen LogP contribution in [0.4, 0.5) is 5.69 Å². The number of imidazole rings is 1. The quantitative estimate of drug-likeness (QED) is 0.504. The summed E-state index contributed by atoms with van der Waals surface area (Å²) in [4.78, 5) is 33.2. The lowest BCUT2D eigenvalue weighted by Crippen LogP contribution is -2.22. The smallest absolute Gasteiger partial charge is 0.246 e. The first-order chi connectivity index (χ1) is 14.7. The molecule has 8 heteroatoms. The maximum absolute atomic E-state index is 12.5. The zero-order chi connectivity index (χ0) is 20.5. The van der Waals surface area contributed by atoms with E-state index in [0.717, 1.165) is 11.0 Å². The third-order valence-corrected chi connectivity index (χ3v) is 4.79. The van der Waals surface area contributed by atoms with Gasteiger partial charge in [0.2, 0.25) is 11.3 Å². The van der Waals surface area contributed by atoms with E-state index in [4.69, 9.17) is 0 Å². The molecule has 0 atom stereocenters. The second-order valence-corrected chi connectivity index (χ2v) is 6.74. The molecule has 8 nitrogen and oxygen atoms in total. The van der Waals surface area contributed by atoms with Gasteiger partial charge in [0.05, 0.1) is 34.6 Å². The molecule has 0 saturated carbocycles. The monoisotopic (exact) mass is 396 g/mol. The van der Waals surface area contributed by atoms with E-state index in [-0.39, 0.29) is 17.9 Å². The molecule has 0 saturated heterocycles. The van der Waals surface area contributed by atoms with Gasteiger partial charge in [0.1, 0.15) is 18.7 Å². The first kappa shape index (κ1) is 17.7. The van der Waals surface area contributed by atoms with Gasteiger partial charge in [0, 0.05) is 5.39 Å². The van der Waals surface area contributed by atoms with E-state index in [1.54, 1.807) is 42.9 Å². The average Bonchev–Trinajstić information content (AvgIpc) is 3.21. The number of benzene rings is 2. The lowest BCUT2D eigenvalue weighted by molar-refractivity contribution is -0.116. The van der Waals surface area contributed by atoms with E-state index in [1.807, 2.05) is 34.9 Å². The Hall–Kier alpha value is -4.33. The number of carbonyl (C=O) groups is 1. The number of nitrogens with zero attached hydrogens (tertiary/aromatic N) is 5. The van der Waals surface area contributed by atoms with Crippen LogP contribution in [0.3, 0.4) is 0 Å². The molecule has 5 aromatic rings. The third-order valence-electron chi connectivity index (χ3n) is 4.79. The number of carbonyl (C=O) groups excluding carboxylic acids is 1. The number of hydrogen-bond acceptors (Lipinski definition) is 5. The number of amides is 1. The zero-order valence-corrected chi connectivity index (χ0v) is 15.8. The van der Waals surface area contributed by atoms with Gasteiger partial charge in [-0.3, -0.25) is 18.8 Å². The van der Waals surface area contributed by atoms with Crippen LogP contribution in [0.25, 0.3) is 27.8 Å². The Bertz CT molecular complexity index is 1440. The van der Waals surface area contributed by atoms with Gasteiger partial charge < -0.3 is 5.32 Å². The molecule has 30 heavy (non-hydrogen) atoms. The molecule has 146 valence electrons. The van der Waals surface area contributed by atoms with Crippen molar-refractivity contribution in [1.29, 1.82) is 0 Å². The third kappa shape index (κ3) is 3.20. The Morgan fingerprint density at radius 2 is 1.70 bits per heavy atom. The highest BCUT2D eigenvalue weighted by Gasteiger charge is 2.10. The van der Waals surface area contributed by atoms with E-state index in [0.29, 0.717) is 22.4 Å². The van der Waals surface area contributed by atoms with Crippen LogP contribution in [0.1, 0.15) is 0 Å². The summed E-state index contributed by atoms with van der Waals surface area (Å²) in [5, 5.41) is 7.42. The van der Waals surface area contributed by atoms with Crippen molar-refractivity contribution in [2.45, 2.75) is 6.54 Å². The molecular formula is C22H16N6O2. The van der Waals surface area contributed by atoms with Crippen LogP contribution < -0.4 is 10.7 Å². The molecule has 1 N–H and O–H groups in total. The minimum Gasteiger partial charge on any atom is -0.323 e. The van der Waals surface area contributed by atoms with Gasteiger partial charge in [-0.1, -0.05) is 24.3 Å². The molecular weight excluding hydrogens is 380 g/mol. The summed E-state index contributed by atoms with van der Waals surface area (Å²) in [6.07, 6.45) is 4.54. The molecule has 0 unspecified atom stereocenters. The Kier molecular flexibility index (Phi) is 4.29. The van der Waals surface area contributed by atoms with E-state index in [1.165, 1.54) is 10.9 Å². The Morgan fingerprint density at radius 1 is 0.900 bits per heavy atom. The second-order valence-electron chi connectivity index (χ2n) is 6.74. The molecule has 0 radical (unpaired) electrons. The Labute approximate surface area is 170 Å². The van der Waals surface area contributed by atoms with E-state index in [9.17, 15) is 9.59 Å². The maximum atomic E-state index is 12.5. The number of fused-ring (bicyclic) bond motifs is 2. The summed E-state index contributed by atoms with van der Waals surface area (Å²) in [5.74, 6) is 0.439. The second kappa shape index (κ2) is 7.25. The molecule has 0 aliphatic rings. The SMILES string of the molecule is O=C(Cn1ncc(=O)c2ccccc21)Nc1ccc(-n2cnc3ccccc32)nc1. The molecule has 0 aliphatic carbocycles. The van der Waals surface area contributed by atoms with Gasteiger partial charge in [0.25, 0.3) is 0 Å². The van der Waals surface area contributed by atoms with Crippen molar-refractivity contribution in [2.75, 3.05) is 5.32 Å². The number of aromatic nitrogens is 5. The average molecular weight is 396 g/mol. The molecule has 3 heterocycles. The van der Waals surface area contributed by atoms with Crippen molar-refractivity contribution in [3.63, 3.8) is 0 Å². The minimum atomic E-state index is -0.265. The van der Waals surface area contributed by atoms with Crippen molar-refractivity contribution in [1.82, 2.24) is 24.3 Å². The molecule has 1 amide bonds. The predicted octanol–water partition coefficient (Wildman–Crippen LogP) is 2.77. The number of pyridine rings is 1. The van der Waals surface area contributed by atoms with Crippen molar-refractivity contribution in [3.8, 4) is 5.82 Å². The van der Waals surface area contributed by atoms with Gasteiger partial charge in [-0.05, 0) is 36.4 Å². The number of nitrogens with one attached hydrogen (secondary N) is 1.